The van der Waals surface area contributed by atoms with E-state index in [-0.39, 0.29) is 10.2 Å². The number of hydrogen-bond donors (Lipinski definition) is 3. The average molecular weight is 352 g/mol. The van der Waals surface area contributed by atoms with Crippen LogP contribution in [-0.4, -0.2) is 18.0 Å². The van der Waals surface area contributed by atoms with Crippen molar-refractivity contribution in [1.29, 1.82) is 0 Å². The molecule has 1 aliphatic heterocycles. The monoisotopic (exact) mass is 350 g/mol. The van der Waals surface area contributed by atoms with Crippen LogP contribution in [0, 0.1) is 5.82 Å². The second-order valence-electron chi connectivity index (χ2n) is 4.50. The highest BCUT2D eigenvalue weighted by atomic mass is 35.5. The van der Waals surface area contributed by atoms with Gasteiger partial charge >= 0.3 is 0 Å². The summed E-state index contributed by atoms with van der Waals surface area (Å²) in [7, 11) is 0. The highest BCUT2D eigenvalue weighted by molar-refractivity contribution is 6.36. The number of nitrogens with zero attached hydrogens (tertiary/aromatic N) is 1. The molecular weight excluding hydrogens is 338 g/mol. The van der Waals surface area contributed by atoms with E-state index in [0.29, 0.717) is 41.7 Å². The van der Waals surface area contributed by atoms with E-state index in [1.165, 1.54) is 18.2 Å². The topological polar surface area (TPSA) is 67.3 Å². The summed E-state index contributed by atoms with van der Waals surface area (Å²) in [6.07, 6.45) is 1.53. The lowest BCUT2D eigenvalue weighted by molar-refractivity contribution is 0.320. The Kier molecular flexibility index (Phi) is 5.08. The number of allylic oxidation sites excluding steroid dienone is 1. The molecule has 0 unspecified atom stereocenters. The molecule has 8 heteroatoms. The Morgan fingerprint density at radius 1 is 1.43 bits per heavy atom. The van der Waals surface area contributed by atoms with Crippen molar-refractivity contribution in [3.05, 3.63) is 56.3 Å². The van der Waals surface area contributed by atoms with Crippen LogP contribution in [0.2, 0.25) is 10.0 Å². The first-order chi connectivity index (χ1) is 9.90. The van der Waals surface area contributed by atoms with Crippen LogP contribution in [0.15, 0.2) is 34.9 Å². The van der Waals surface area contributed by atoms with E-state index < -0.39 is 5.82 Å². The van der Waals surface area contributed by atoms with E-state index in [9.17, 15) is 4.39 Å². The van der Waals surface area contributed by atoms with Crippen molar-refractivity contribution in [3.63, 3.8) is 0 Å². The molecule has 2 rings (SSSR count). The Balaban J connectivity index is 2.36. The van der Waals surface area contributed by atoms with Gasteiger partial charge in [0.2, 0.25) is 0 Å². The fraction of sp³-hybridized carbons (Fsp3) is 0.231. The lowest BCUT2D eigenvalue weighted by Crippen LogP contribution is -2.41. The number of nitrogens with two attached hydrogens (primary N) is 2. The SMILES string of the molecule is NC1=C(/C=C(\N)Cl)N(Cc2c(Cl)ccc(F)c2Cl)CCN1. The first-order valence-corrected chi connectivity index (χ1v) is 7.27. The molecule has 1 aliphatic rings. The summed E-state index contributed by atoms with van der Waals surface area (Å²) in [5.41, 5.74) is 12.5. The summed E-state index contributed by atoms with van der Waals surface area (Å²) in [5.74, 6) is -0.0781. The molecule has 0 fully saturated rings. The van der Waals surface area contributed by atoms with Crippen LogP contribution in [0.3, 0.4) is 0 Å². The van der Waals surface area contributed by atoms with Gasteiger partial charge in [-0.25, -0.2) is 4.39 Å². The maximum Gasteiger partial charge on any atom is 0.142 e. The van der Waals surface area contributed by atoms with Gasteiger partial charge in [0.15, 0.2) is 0 Å². The molecule has 1 aromatic carbocycles. The number of hydrogen-bond acceptors (Lipinski definition) is 4. The zero-order valence-corrected chi connectivity index (χ0v) is 13.2. The Labute approximate surface area is 137 Å². The van der Waals surface area contributed by atoms with Crippen LogP contribution in [0.4, 0.5) is 4.39 Å². The van der Waals surface area contributed by atoms with E-state index in [0.717, 1.165) is 0 Å². The Hall–Kier alpha value is -1.30. The highest BCUT2D eigenvalue weighted by Gasteiger charge is 2.20. The van der Waals surface area contributed by atoms with E-state index >= 15 is 0 Å². The van der Waals surface area contributed by atoms with Crippen molar-refractivity contribution in [2.24, 2.45) is 11.5 Å². The van der Waals surface area contributed by atoms with Gasteiger partial charge in [-0.3, -0.25) is 0 Å². The smallest absolute Gasteiger partial charge is 0.142 e. The van der Waals surface area contributed by atoms with Gasteiger partial charge in [-0.15, -0.1) is 0 Å². The van der Waals surface area contributed by atoms with Gasteiger partial charge in [-0.05, 0) is 18.2 Å². The standard InChI is InChI=1S/C13H14Cl3FN4/c14-8-1-2-9(17)12(16)7(8)6-21-4-3-20-13(19)10(21)5-11(15)18/h1-2,5,20H,3-4,6,18-19H2/b11-5-. The van der Waals surface area contributed by atoms with Gasteiger partial charge in [0, 0.05) is 30.2 Å². The predicted octanol–water partition coefficient (Wildman–Crippen LogP) is 2.70. The maximum atomic E-state index is 13.6. The minimum atomic E-state index is -0.517. The predicted molar refractivity (Wildman–Crippen MR) is 84.2 cm³/mol. The first-order valence-electron chi connectivity index (χ1n) is 6.13. The molecule has 5 N–H and O–H groups in total. The van der Waals surface area contributed by atoms with E-state index in [1.807, 2.05) is 4.90 Å². The summed E-state index contributed by atoms with van der Waals surface area (Å²) in [4.78, 5) is 1.88. The molecular formula is C13H14Cl3FN4. The fourth-order valence-corrected chi connectivity index (χ4v) is 2.67. The van der Waals surface area contributed by atoms with E-state index in [2.05, 4.69) is 5.32 Å². The molecule has 0 radical (unpaired) electrons. The number of rotatable bonds is 3. The molecule has 0 spiro atoms. The summed E-state index contributed by atoms with van der Waals surface area (Å²) in [6, 6.07) is 2.70. The number of nitrogens with one attached hydrogen (secondary N) is 1. The number of benzene rings is 1. The van der Waals surface area contributed by atoms with Crippen LogP contribution in [-0.2, 0) is 6.54 Å². The summed E-state index contributed by atoms with van der Waals surface area (Å²) < 4.78 is 13.6. The molecule has 0 bridgehead atoms. The molecule has 0 aromatic heterocycles. The molecule has 0 amide bonds. The average Bonchev–Trinajstić information content (AvgIpc) is 2.42. The fourth-order valence-electron chi connectivity index (χ4n) is 2.08. The molecule has 114 valence electrons. The summed E-state index contributed by atoms with van der Waals surface area (Å²) >= 11 is 17.8. The second-order valence-corrected chi connectivity index (χ2v) is 5.72. The van der Waals surface area contributed by atoms with Gasteiger partial charge in [0.05, 0.1) is 10.7 Å². The van der Waals surface area contributed by atoms with Crippen LogP contribution in [0.1, 0.15) is 5.56 Å². The molecule has 0 aliphatic carbocycles. The van der Waals surface area contributed by atoms with Crippen LogP contribution >= 0.6 is 34.8 Å². The third kappa shape index (κ3) is 3.67. The van der Waals surface area contributed by atoms with Crippen molar-refractivity contribution in [3.8, 4) is 0 Å². The summed E-state index contributed by atoms with van der Waals surface area (Å²) in [5, 5.41) is 3.50. The zero-order valence-electron chi connectivity index (χ0n) is 11.0. The normalized spacial score (nSPS) is 16.2. The molecule has 21 heavy (non-hydrogen) atoms. The van der Waals surface area contributed by atoms with Crippen molar-refractivity contribution in [1.82, 2.24) is 10.2 Å². The lowest BCUT2D eigenvalue weighted by atomic mass is 10.1. The molecule has 4 nitrogen and oxygen atoms in total. The van der Waals surface area contributed by atoms with Gasteiger partial charge < -0.3 is 21.7 Å². The van der Waals surface area contributed by atoms with E-state index in [4.69, 9.17) is 46.3 Å². The molecule has 0 atom stereocenters. The third-order valence-corrected chi connectivity index (χ3v) is 3.95. The van der Waals surface area contributed by atoms with Crippen LogP contribution < -0.4 is 16.8 Å². The zero-order chi connectivity index (χ0) is 15.6. The van der Waals surface area contributed by atoms with Crippen LogP contribution in [0.5, 0.6) is 0 Å². The largest absolute Gasteiger partial charge is 0.389 e. The summed E-state index contributed by atoms with van der Waals surface area (Å²) in [6.45, 7) is 1.56. The molecule has 1 aromatic rings. The van der Waals surface area contributed by atoms with Gasteiger partial charge in [0.25, 0.3) is 0 Å². The van der Waals surface area contributed by atoms with Gasteiger partial charge in [-0.2, -0.15) is 0 Å². The van der Waals surface area contributed by atoms with Crippen molar-refractivity contribution >= 4 is 34.8 Å². The van der Waals surface area contributed by atoms with Gasteiger partial charge in [-0.1, -0.05) is 34.8 Å². The Morgan fingerprint density at radius 3 is 2.81 bits per heavy atom. The molecule has 1 heterocycles. The van der Waals surface area contributed by atoms with Crippen molar-refractivity contribution < 1.29 is 4.39 Å². The van der Waals surface area contributed by atoms with Crippen molar-refractivity contribution in [2.75, 3.05) is 13.1 Å². The maximum absolute atomic E-state index is 13.6. The minimum absolute atomic E-state index is 0.00165. The number of halogens is 4. The Bertz CT molecular complexity index is 612. The second kappa shape index (κ2) is 6.64. The van der Waals surface area contributed by atoms with Crippen molar-refractivity contribution in [2.45, 2.75) is 6.54 Å². The highest BCUT2D eigenvalue weighted by Crippen LogP contribution is 2.30. The first kappa shape index (κ1) is 16.1. The third-order valence-electron chi connectivity index (χ3n) is 3.08. The minimum Gasteiger partial charge on any atom is -0.389 e. The Morgan fingerprint density at radius 2 is 2.14 bits per heavy atom. The quantitative estimate of drug-likeness (QED) is 0.578. The van der Waals surface area contributed by atoms with E-state index in [1.54, 1.807) is 0 Å². The van der Waals surface area contributed by atoms with Gasteiger partial charge in [0.1, 0.15) is 16.8 Å². The van der Waals surface area contributed by atoms with Crippen LogP contribution in [0.25, 0.3) is 0 Å². The molecule has 0 saturated carbocycles. The molecule has 0 saturated heterocycles. The lowest BCUT2D eigenvalue weighted by Gasteiger charge is -2.32.